The molecule has 4 heteroatoms. The van der Waals surface area contributed by atoms with Gasteiger partial charge in [-0.15, -0.1) is 0 Å². The molecule has 0 aliphatic heterocycles. The van der Waals surface area contributed by atoms with Gasteiger partial charge in [0.1, 0.15) is 5.75 Å². The second kappa shape index (κ2) is 6.25. The van der Waals surface area contributed by atoms with Gasteiger partial charge in [-0.25, -0.2) is 0 Å². The van der Waals surface area contributed by atoms with E-state index >= 15 is 0 Å². The van der Waals surface area contributed by atoms with Crippen molar-refractivity contribution in [3.05, 3.63) is 29.8 Å². The van der Waals surface area contributed by atoms with Crippen LogP contribution in [0.2, 0.25) is 0 Å². The van der Waals surface area contributed by atoms with Crippen LogP contribution >= 0.6 is 0 Å². The number of carbonyl (C=O) groups excluding carboxylic acids is 1. The largest absolute Gasteiger partial charge is 0.508 e. The second-order valence-corrected chi connectivity index (χ2v) is 4.38. The normalized spacial score (nSPS) is 12.5. The molecule has 0 aromatic heterocycles. The third-order valence-corrected chi connectivity index (χ3v) is 2.64. The number of hydrogen-bond acceptors (Lipinski definition) is 3. The SMILES string of the molecule is CNC(=O)C(C)CN(C)Cc1cccc(O)c1. The van der Waals surface area contributed by atoms with Gasteiger partial charge < -0.3 is 15.3 Å². The van der Waals surface area contributed by atoms with Crippen LogP contribution in [0.3, 0.4) is 0 Å². The molecule has 1 unspecified atom stereocenters. The van der Waals surface area contributed by atoms with Crippen LogP contribution in [-0.4, -0.2) is 36.6 Å². The molecule has 0 aliphatic carbocycles. The Kier molecular flexibility index (Phi) is 4.97. The van der Waals surface area contributed by atoms with Crippen molar-refractivity contribution in [2.45, 2.75) is 13.5 Å². The molecular weight excluding hydrogens is 216 g/mol. The first-order valence-corrected chi connectivity index (χ1v) is 5.71. The Hall–Kier alpha value is -1.55. The highest BCUT2D eigenvalue weighted by molar-refractivity contribution is 5.78. The van der Waals surface area contributed by atoms with Crippen LogP contribution in [0.4, 0.5) is 0 Å². The lowest BCUT2D eigenvalue weighted by Gasteiger charge is -2.20. The number of amides is 1. The standard InChI is InChI=1S/C13H20N2O2/c1-10(13(17)14-2)8-15(3)9-11-5-4-6-12(16)7-11/h4-7,10,16H,8-9H2,1-3H3,(H,14,17). The number of hydrogen-bond donors (Lipinski definition) is 2. The van der Waals surface area contributed by atoms with Gasteiger partial charge >= 0.3 is 0 Å². The van der Waals surface area contributed by atoms with Crippen molar-refractivity contribution in [2.24, 2.45) is 5.92 Å². The Morgan fingerprint density at radius 2 is 2.24 bits per heavy atom. The van der Waals surface area contributed by atoms with Gasteiger partial charge in [-0.05, 0) is 24.7 Å². The molecule has 0 spiro atoms. The predicted molar refractivity (Wildman–Crippen MR) is 67.7 cm³/mol. The smallest absolute Gasteiger partial charge is 0.223 e. The maximum Gasteiger partial charge on any atom is 0.223 e. The van der Waals surface area contributed by atoms with Crippen molar-refractivity contribution in [3.8, 4) is 5.75 Å². The highest BCUT2D eigenvalue weighted by atomic mass is 16.3. The monoisotopic (exact) mass is 236 g/mol. The molecule has 94 valence electrons. The fraction of sp³-hybridized carbons (Fsp3) is 0.462. The molecule has 17 heavy (non-hydrogen) atoms. The first-order valence-electron chi connectivity index (χ1n) is 5.71. The van der Waals surface area contributed by atoms with Gasteiger partial charge in [0.05, 0.1) is 0 Å². The van der Waals surface area contributed by atoms with Crippen molar-refractivity contribution in [1.29, 1.82) is 0 Å². The molecule has 1 rings (SSSR count). The average molecular weight is 236 g/mol. The summed E-state index contributed by atoms with van der Waals surface area (Å²) >= 11 is 0. The summed E-state index contributed by atoms with van der Waals surface area (Å²) < 4.78 is 0. The predicted octanol–water partition coefficient (Wildman–Crippen LogP) is 1.21. The van der Waals surface area contributed by atoms with Crippen molar-refractivity contribution >= 4 is 5.91 Å². The number of rotatable bonds is 5. The number of benzene rings is 1. The molecule has 0 fully saturated rings. The van der Waals surface area contributed by atoms with E-state index in [1.54, 1.807) is 19.2 Å². The maximum absolute atomic E-state index is 11.4. The first-order chi connectivity index (χ1) is 8.02. The summed E-state index contributed by atoms with van der Waals surface area (Å²) in [5.41, 5.74) is 1.04. The maximum atomic E-state index is 11.4. The second-order valence-electron chi connectivity index (χ2n) is 4.38. The van der Waals surface area contributed by atoms with E-state index in [4.69, 9.17) is 0 Å². The third kappa shape index (κ3) is 4.44. The molecule has 1 amide bonds. The van der Waals surface area contributed by atoms with Crippen LogP contribution in [0.25, 0.3) is 0 Å². The summed E-state index contributed by atoms with van der Waals surface area (Å²) in [4.78, 5) is 13.4. The van der Waals surface area contributed by atoms with E-state index in [9.17, 15) is 9.90 Å². The lowest BCUT2D eigenvalue weighted by molar-refractivity contribution is -0.124. The molecule has 0 saturated carbocycles. The van der Waals surface area contributed by atoms with Crippen LogP contribution in [0.1, 0.15) is 12.5 Å². The van der Waals surface area contributed by atoms with Gasteiger partial charge in [0.2, 0.25) is 5.91 Å². The minimum absolute atomic E-state index is 0.0395. The summed E-state index contributed by atoms with van der Waals surface area (Å²) in [5, 5.41) is 12.0. The zero-order chi connectivity index (χ0) is 12.8. The summed E-state index contributed by atoms with van der Waals surface area (Å²) in [6, 6.07) is 7.17. The van der Waals surface area contributed by atoms with Gasteiger partial charge in [0, 0.05) is 26.1 Å². The molecule has 0 heterocycles. The molecule has 0 saturated heterocycles. The lowest BCUT2D eigenvalue weighted by atomic mass is 10.1. The average Bonchev–Trinajstić information content (AvgIpc) is 2.27. The van der Waals surface area contributed by atoms with Crippen LogP contribution in [0.5, 0.6) is 5.75 Å². The Labute approximate surface area is 102 Å². The minimum atomic E-state index is -0.0395. The van der Waals surface area contributed by atoms with Gasteiger partial charge in [-0.2, -0.15) is 0 Å². The molecule has 0 radical (unpaired) electrons. The summed E-state index contributed by atoms with van der Waals surface area (Å²) in [6.45, 7) is 3.31. The fourth-order valence-corrected chi connectivity index (χ4v) is 1.83. The van der Waals surface area contributed by atoms with E-state index in [1.165, 1.54) is 0 Å². The molecule has 1 atom stereocenters. The Bertz CT molecular complexity index is 379. The van der Waals surface area contributed by atoms with E-state index in [0.717, 1.165) is 12.1 Å². The highest BCUT2D eigenvalue weighted by Gasteiger charge is 2.13. The van der Waals surface area contributed by atoms with Crippen LogP contribution in [0, 0.1) is 5.92 Å². The van der Waals surface area contributed by atoms with E-state index in [-0.39, 0.29) is 17.6 Å². The summed E-state index contributed by atoms with van der Waals surface area (Å²) in [5.74, 6) is 0.283. The zero-order valence-corrected chi connectivity index (χ0v) is 10.6. The summed E-state index contributed by atoms with van der Waals surface area (Å²) in [7, 11) is 3.61. The third-order valence-electron chi connectivity index (χ3n) is 2.64. The molecule has 2 N–H and O–H groups in total. The Morgan fingerprint density at radius 3 is 2.82 bits per heavy atom. The Morgan fingerprint density at radius 1 is 1.53 bits per heavy atom. The highest BCUT2D eigenvalue weighted by Crippen LogP contribution is 2.13. The number of carbonyl (C=O) groups is 1. The van der Waals surface area contributed by atoms with E-state index in [2.05, 4.69) is 10.2 Å². The zero-order valence-electron chi connectivity index (χ0n) is 10.6. The van der Waals surface area contributed by atoms with Crippen molar-refractivity contribution in [1.82, 2.24) is 10.2 Å². The van der Waals surface area contributed by atoms with E-state index in [0.29, 0.717) is 6.54 Å². The molecular formula is C13H20N2O2. The number of phenols is 1. The summed E-state index contributed by atoms with van der Waals surface area (Å²) in [6.07, 6.45) is 0. The molecule has 1 aromatic rings. The topological polar surface area (TPSA) is 52.6 Å². The molecule has 0 bridgehead atoms. The molecule has 0 aliphatic rings. The van der Waals surface area contributed by atoms with E-state index in [1.807, 2.05) is 26.1 Å². The number of nitrogens with one attached hydrogen (secondary N) is 1. The molecule has 1 aromatic carbocycles. The van der Waals surface area contributed by atoms with Gasteiger partial charge in [0.25, 0.3) is 0 Å². The van der Waals surface area contributed by atoms with Crippen LogP contribution in [-0.2, 0) is 11.3 Å². The lowest BCUT2D eigenvalue weighted by Crippen LogP contribution is -2.34. The van der Waals surface area contributed by atoms with Crippen LogP contribution < -0.4 is 5.32 Å². The number of phenolic OH excluding ortho intramolecular Hbond substituents is 1. The number of nitrogens with zero attached hydrogens (tertiary/aromatic N) is 1. The Balaban J connectivity index is 2.49. The van der Waals surface area contributed by atoms with Gasteiger partial charge in [0.15, 0.2) is 0 Å². The first kappa shape index (κ1) is 13.5. The van der Waals surface area contributed by atoms with Gasteiger partial charge in [-0.3, -0.25) is 4.79 Å². The van der Waals surface area contributed by atoms with E-state index < -0.39 is 0 Å². The minimum Gasteiger partial charge on any atom is -0.508 e. The molecule has 4 nitrogen and oxygen atoms in total. The van der Waals surface area contributed by atoms with Crippen molar-refractivity contribution < 1.29 is 9.90 Å². The van der Waals surface area contributed by atoms with Crippen LogP contribution in [0.15, 0.2) is 24.3 Å². The van der Waals surface area contributed by atoms with Gasteiger partial charge in [-0.1, -0.05) is 19.1 Å². The van der Waals surface area contributed by atoms with Crippen molar-refractivity contribution in [2.75, 3.05) is 20.6 Å². The fourth-order valence-electron chi connectivity index (χ4n) is 1.83. The quantitative estimate of drug-likeness (QED) is 0.808. The number of aromatic hydroxyl groups is 1. The van der Waals surface area contributed by atoms with Crippen molar-refractivity contribution in [3.63, 3.8) is 0 Å².